The van der Waals surface area contributed by atoms with E-state index in [1.54, 1.807) is 0 Å². The van der Waals surface area contributed by atoms with E-state index in [-0.39, 0.29) is 18.2 Å². The van der Waals surface area contributed by atoms with Crippen molar-refractivity contribution >= 4 is 11.9 Å². The molecule has 0 aliphatic carbocycles. The molecule has 5 heteroatoms. The molecule has 0 aliphatic rings. The number of carbonyl (C=O) groups is 2. The van der Waals surface area contributed by atoms with Gasteiger partial charge in [-0.05, 0) is 32.7 Å². The van der Waals surface area contributed by atoms with Crippen LogP contribution >= 0.6 is 0 Å². The minimum atomic E-state index is -0.849. The van der Waals surface area contributed by atoms with Crippen molar-refractivity contribution in [2.24, 2.45) is 11.7 Å². The average Bonchev–Trinajstić information content (AvgIpc) is 2.13. The van der Waals surface area contributed by atoms with Gasteiger partial charge < -0.3 is 16.2 Å². The third kappa shape index (κ3) is 7.23. The van der Waals surface area contributed by atoms with Crippen LogP contribution in [0.1, 0.15) is 40.0 Å². The number of aliphatic carboxylic acids is 1. The predicted octanol–water partition coefficient (Wildman–Crippen LogP) is 0.731. The molecule has 0 aliphatic heterocycles. The van der Waals surface area contributed by atoms with Crippen LogP contribution in [0.3, 0.4) is 0 Å². The van der Waals surface area contributed by atoms with Crippen LogP contribution in [0.2, 0.25) is 0 Å². The fraction of sp³-hybridized carbons (Fsp3) is 0.818. The summed E-state index contributed by atoms with van der Waals surface area (Å²) in [4.78, 5) is 22.0. The van der Waals surface area contributed by atoms with Gasteiger partial charge in [-0.1, -0.05) is 6.92 Å². The monoisotopic (exact) mass is 230 g/mol. The van der Waals surface area contributed by atoms with E-state index in [9.17, 15) is 9.59 Å². The normalized spacial score (nSPS) is 13.2. The van der Waals surface area contributed by atoms with Crippen molar-refractivity contribution in [3.8, 4) is 0 Å². The molecule has 0 bridgehead atoms. The zero-order valence-corrected chi connectivity index (χ0v) is 10.2. The van der Waals surface area contributed by atoms with Gasteiger partial charge in [0, 0.05) is 18.4 Å². The first-order valence-corrected chi connectivity index (χ1v) is 5.49. The van der Waals surface area contributed by atoms with Crippen LogP contribution in [0.5, 0.6) is 0 Å². The van der Waals surface area contributed by atoms with Crippen molar-refractivity contribution in [3.63, 3.8) is 0 Å². The van der Waals surface area contributed by atoms with Crippen molar-refractivity contribution in [2.45, 2.75) is 45.6 Å². The van der Waals surface area contributed by atoms with Crippen LogP contribution in [-0.2, 0) is 9.59 Å². The summed E-state index contributed by atoms with van der Waals surface area (Å²) in [7, 11) is 0. The van der Waals surface area contributed by atoms with E-state index in [0.29, 0.717) is 19.4 Å². The Morgan fingerprint density at radius 2 is 2.00 bits per heavy atom. The number of nitrogens with two attached hydrogens (primary N) is 1. The number of rotatable bonds is 7. The van der Waals surface area contributed by atoms with Gasteiger partial charge in [-0.15, -0.1) is 0 Å². The van der Waals surface area contributed by atoms with Crippen molar-refractivity contribution in [3.05, 3.63) is 0 Å². The molecule has 0 radical (unpaired) electrons. The Kier molecular flexibility index (Phi) is 6.03. The lowest BCUT2D eigenvalue weighted by molar-refractivity contribution is -0.137. The Labute approximate surface area is 96.4 Å². The molecule has 4 N–H and O–H groups in total. The van der Waals surface area contributed by atoms with Crippen molar-refractivity contribution in [2.75, 3.05) is 6.54 Å². The molecule has 0 saturated carbocycles. The van der Waals surface area contributed by atoms with Gasteiger partial charge in [0.15, 0.2) is 0 Å². The molecule has 0 aromatic carbocycles. The van der Waals surface area contributed by atoms with E-state index in [2.05, 4.69) is 5.32 Å². The van der Waals surface area contributed by atoms with Crippen LogP contribution in [0, 0.1) is 5.92 Å². The summed E-state index contributed by atoms with van der Waals surface area (Å²) in [5.41, 5.74) is 4.94. The fourth-order valence-corrected chi connectivity index (χ4v) is 1.31. The number of carboxylic acids is 1. The van der Waals surface area contributed by atoms with E-state index in [1.165, 1.54) is 0 Å². The number of carbonyl (C=O) groups excluding carboxylic acids is 1. The molecule has 5 nitrogen and oxygen atoms in total. The fourth-order valence-electron chi connectivity index (χ4n) is 1.31. The molecule has 0 rings (SSSR count). The van der Waals surface area contributed by atoms with E-state index in [1.807, 2.05) is 20.8 Å². The second kappa shape index (κ2) is 6.48. The van der Waals surface area contributed by atoms with Gasteiger partial charge in [0.1, 0.15) is 0 Å². The highest BCUT2D eigenvalue weighted by atomic mass is 16.4. The molecular weight excluding hydrogens is 208 g/mol. The topological polar surface area (TPSA) is 92.4 Å². The molecule has 0 heterocycles. The van der Waals surface area contributed by atoms with E-state index < -0.39 is 11.5 Å². The maximum Gasteiger partial charge on any atom is 0.303 e. The Balaban J connectivity index is 4.04. The summed E-state index contributed by atoms with van der Waals surface area (Å²) in [5, 5.41) is 11.4. The minimum Gasteiger partial charge on any atom is -0.481 e. The van der Waals surface area contributed by atoms with Gasteiger partial charge in [-0.3, -0.25) is 9.59 Å². The number of hydrogen-bond donors (Lipinski definition) is 3. The standard InChI is InChI=1S/C11H22N2O3/c1-8(7-12)6-9(14)13-11(2,3)5-4-10(15)16/h8H,4-7,12H2,1-3H3,(H,13,14)(H,15,16). The Morgan fingerprint density at radius 1 is 1.44 bits per heavy atom. The summed E-state index contributed by atoms with van der Waals surface area (Å²) in [5.74, 6) is -0.777. The molecule has 1 atom stereocenters. The summed E-state index contributed by atoms with van der Waals surface area (Å²) in [6.07, 6.45) is 0.859. The van der Waals surface area contributed by atoms with Gasteiger partial charge in [0.2, 0.25) is 5.91 Å². The maximum atomic E-state index is 11.6. The lowest BCUT2D eigenvalue weighted by Crippen LogP contribution is -2.44. The van der Waals surface area contributed by atoms with Crippen LogP contribution in [-0.4, -0.2) is 29.1 Å². The number of nitrogens with one attached hydrogen (secondary N) is 1. The van der Waals surface area contributed by atoms with E-state index in [4.69, 9.17) is 10.8 Å². The molecule has 1 unspecified atom stereocenters. The molecule has 0 fully saturated rings. The summed E-state index contributed by atoms with van der Waals surface area (Å²) >= 11 is 0. The van der Waals surface area contributed by atoms with Gasteiger partial charge in [-0.25, -0.2) is 0 Å². The predicted molar refractivity (Wildman–Crippen MR) is 61.9 cm³/mol. The molecule has 0 aromatic heterocycles. The summed E-state index contributed by atoms with van der Waals surface area (Å²) in [6, 6.07) is 0. The van der Waals surface area contributed by atoms with Crippen LogP contribution in [0.15, 0.2) is 0 Å². The van der Waals surface area contributed by atoms with Gasteiger partial charge >= 0.3 is 5.97 Å². The number of hydrogen-bond acceptors (Lipinski definition) is 3. The number of amides is 1. The summed E-state index contributed by atoms with van der Waals surface area (Å²) in [6.45, 7) is 6.02. The third-order valence-electron chi connectivity index (χ3n) is 2.38. The number of carboxylic acid groups (broad SMARTS) is 1. The van der Waals surface area contributed by atoms with Crippen molar-refractivity contribution in [1.29, 1.82) is 0 Å². The molecule has 0 aromatic rings. The second-order valence-electron chi connectivity index (χ2n) is 4.87. The van der Waals surface area contributed by atoms with Crippen molar-refractivity contribution < 1.29 is 14.7 Å². The highest BCUT2D eigenvalue weighted by molar-refractivity contribution is 5.77. The first kappa shape index (κ1) is 14.9. The zero-order valence-electron chi connectivity index (χ0n) is 10.2. The molecule has 0 spiro atoms. The van der Waals surface area contributed by atoms with Gasteiger partial charge in [0.05, 0.1) is 0 Å². The van der Waals surface area contributed by atoms with Crippen molar-refractivity contribution in [1.82, 2.24) is 5.32 Å². The first-order chi connectivity index (χ1) is 7.26. The SMILES string of the molecule is CC(CN)CC(=O)NC(C)(C)CCC(=O)O. The third-order valence-corrected chi connectivity index (χ3v) is 2.38. The van der Waals surface area contributed by atoms with Crippen LogP contribution in [0.4, 0.5) is 0 Å². The molecule has 94 valence electrons. The largest absolute Gasteiger partial charge is 0.481 e. The quantitative estimate of drug-likeness (QED) is 0.601. The first-order valence-electron chi connectivity index (χ1n) is 5.49. The Bertz CT molecular complexity index is 252. The maximum absolute atomic E-state index is 11.6. The highest BCUT2D eigenvalue weighted by Crippen LogP contribution is 2.12. The van der Waals surface area contributed by atoms with E-state index in [0.717, 1.165) is 0 Å². The molecule has 16 heavy (non-hydrogen) atoms. The van der Waals surface area contributed by atoms with E-state index >= 15 is 0 Å². The van der Waals surface area contributed by atoms with Gasteiger partial charge in [-0.2, -0.15) is 0 Å². The summed E-state index contributed by atoms with van der Waals surface area (Å²) < 4.78 is 0. The van der Waals surface area contributed by atoms with Crippen LogP contribution in [0.25, 0.3) is 0 Å². The second-order valence-corrected chi connectivity index (χ2v) is 4.87. The Morgan fingerprint density at radius 3 is 2.44 bits per heavy atom. The van der Waals surface area contributed by atoms with Gasteiger partial charge in [0.25, 0.3) is 0 Å². The zero-order chi connectivity index (χ0) is 12.8. The lowest BCUT2D eigenvalue weighted by Gasteiger charge is -2.26. The molecular formula is C11H22N2O3. The average molecular weight is 230 g/mol. The smallest absolute Gasteiger partial charge is 0.303 e. The Hall–Kier alpha value is -1.10. The lowest BCUT2D eigenvalue weighted by atomic mass is 9.97. The highest BCUT2D eigenvalue weighted by Gasteiger charge is 2.21. The molecule has 1 amide bonds. The minimum absolute atomic E-state index is 0.0553. The molecule has 0 saturated heterocycles. The van der Waals surface area contributed by atoms with Crippen LogP contribution < -0.4 is 11.1 Å².